The van der Waals surface area contributed by atoms with Crippen LogP contribution >= 0.6 is 0 Å². The van der Waals surface area contributed by atoms with Crippen LogP contribution in [0.5, 0.6) is 0 Å². The van der Waals surface area contributed by atoms with Crippen molar-refractivity contribution < 1.29 is 4.39 Å². The molecule has 1 aliphatic carbocycles. The Morgan fingerprint density at radius 1 is 1.29 bits per heavy atom. The molecular weight excluding hydrogens is 219 g/mol. The highest BCUT2D eigenvalue weighted by Crippen LogP contribution is 2.40. The number of hydrogen-bond donors (Lipinski definition) is 2. The highest BCUT2D eigenvalue weighted by Gasteiger charge is 2.45. The van der Waals surface area contributed by atoms with Gasteiger partial charge in [0.15, 0.2) is 0 Å². The van der Waals surface area contributed by atoms with Crippen molar-refractivity contribution in [3.05, 3.63) is 0 Å². The summed E-state index contributed by atoms with van der Waals surface area (Å²) in [4.78, 5) is 4.52. The molecular formula is C12H23FN4. The largest absolute Gasteiger partial charge is 0.324 e. The van der Waals surface area contributed by atoms with Crippen LogP contribution in [0.4, 0.5) is 4.39 Å². The van der Waals surface area contributed by atoms with Gasteiger partial charge >= 0.3 is 0 Å². The van der Waals surface area contributed by atoms with Crippen molar-refractivity contribution in [2.75, 3.05) is 39.9 Å². The second kappa shape index (κ2) is 4.46. The molecule has 0 spiro atoms. The number of nitrogens with zero attached hydrogens (tertiary/aromatic N) is 2. The molecule has 3 rings (SSSR count). The minimum Gasteiger partial charge on any atom is -0.324 e. The number of hydrogen-bond acceptors (Lipinski definition) is 4. The van der Waals surface area contributed by atoms with Crippen molar-refractivity contribution in [2.45, 2.75) is 24.7 Å². The fraction of sp³-hybridized carbons (Fsp3) is 1.00. The number of alkyl halides is 1. The Labute approximate surface area is 102 Å². The van der Waals surface area contributed by atoms with E-state index in [-0.39, 0.29) is 6.04 Å². The topological polar surface area (TPSA) is 44.5 Å². The molecule has 0 amide bonds. The van der Waals surface area contributed by atoms with Crippen LogP contribution in [0.2, 0.25) is 0 Å². The van der Waals surface area contributed by atoms with Crippen molar-refractivity contribution in [3.8, 4) is 0 Å². The van der Waals surface area contributed by atoms with Gasteiger partial charge in [-0.15, -0.1) is 0 Å². The van der Waals surface area contributed by atoms with Crippen molar-refractivity contribution in [1.29, 1.82) is 0 Å². The first-order valence-electron chi connectivity index (χ1n) is 6.67. The maximum absolute atomic E-state index is 13.3. The third-order valence-corrected chi connectivity index (χ3v) is 4.69. The van der Waals surface area contributed by atoms with Crippen LogP contribution in [-0.2, 0) is 0 Å². The Morgan fingerprint density at radius 2 is 2.12 bits per heavy atom. The molecule has 0 aromatic carbocycles. The van der Waals surface area contributed by atoms with Crippen LogP contribution in [0.15, 0.2) is 0 Å². The fourth-order valence-corrected chi connectivity index (χ4v) is 3.61. The molecule has 3 aliphatic rings. The SMILES string of the molecule is CN1CC2CC(NCN3CC(F)[C@@H](N)C3)C2C1. The minimum absolute atomic E-state index is 0.288. The number of likely N-dealkylation sites (tertiary alicyclic amines) is 2. The molecule has 4 unspecified atom stereocenters. The zero-order valence-electron chi connectivity index (χ0n) is 10.5. The van der Waals surface area contributed by atoms with Gasteiger partial charge < -0.3 is 16.0 Å². The number of fused-ring (bicyclic) bond motifs is 1. The lowest BCUT2D eigenvalue weighted by Crippen LogP contribution is -2.52. The molecule has 2 heterocycles. The minimum atomic E-state index is -0.844. The smallest absolute Gasteiger partial charge is 0.129 e. The van der Waals surface area contributed by atoms with Crippen LogP contribution in [-0.4, -0.2) is 68.0 Å². The van der Waals surface area contributed by atoms with Crippen LogP contribution in [0, 0.1) is 11.8 Å². The Balaban J connectivity index is 1.41. The fourth-order valence-electron chi connectivity index (χ4n) is 3.61. The molecule has 4 nitrogen and oxygen atoms in total. The van der Waals surface area contributed by atoms with Crippen molar-refractivity contribution in [2.24, 2.45) is 17.6 Å². The summed E-state index contributed by atoms with van der Waals surface area (Å²) in [5, 5.41) is 3.57. The summed E-state index contributed by atoms with van der Waals surface area (Å²) in [6.07, 6.45) is 0.442. The molecule has 0 bridgehead atoms. The first-order chi connectivity index (χ1) is 8.13. The predicted octanol–water partition coefficient (Wildman–Crippen LogP) is -0.535. The molecule has 0 radical (unpaired) electrons. The Bertz CT molecular complexity index is 278. The maximum Gasteiger partial charge on any atom is 0.129 e. The van der Waals surface area contributed by atoms with E-state index in [0.717, 1.165) is 18.5 Å². The van der Waals surface area contributed by atoms with Gasteiger partial charge in [0.05, 0.1) is 0 Å². The number of nitrogens with one attached hydrogen (secondary N) is 1. The lowest BCUT2D eigenvalue weighted by molar-refractivity contribution is 0.132. The summed E-state index contributed by atoms with van der Waals surface area (Å²) in [6, 6.07) is 0.350. The number of halogens is 1. The van der Waals surface area contributed by atoms with Crippen LogP contribution < -0.4 is 11.1 Å². The first-order valence-corrected chi connectivity index (χ1v) is 6.67. The molecule has 5 heteroatoms. The van der Waals surface area contributed by atoms with Gasteiger partial charge in [-0.3, -0.25) is 4.90 Å². The van der Waals surface area contributed by atoms with Crippen LogP contribution in [0.25, 0.3) is 0 Å². The molecule has 5 atom stereocenters. The van der Waals surface area contributed by atoms with E-state index in [0.29, 0.717) is 19.1 Å². The van der Waals surface area contributed by atoms with Gasteiger partial charge in [-0.1, -0.05) is 0 Å². The van der Waals surface area contributed by atoms with Crippen LogP contribution in [0.1, 0.15) is 6.42 Å². The van der Waals surface area contributed by atoms with Gasteiger partial charge in [0.25, 0.3) is 0 Å². The molecule has 98 valence electrons. The highest BCUT2D eigenvalue weighted by atomic mass is 19.1. The summed E-state index contributed by atoms with van der Waals surface area (Å²) >= 11 is 0. The zero-order chi connectivity index (χ0) is 12.0. The average Bonchev–Trinajstić information content (AvgIpc) is 2.72. The standard InChI is InChI=1S/C12H23FN4/c1-16-3-8-2-12(9(8)4-16)15-7-17-5-10(13)11(14)6-17/h8-12,15H,2-7,14H2,1H3/t8?,9?,10?,11-,12?/m0/s1. The average molecular weight is 242 g/mol. The third-order valence-electron chi connectivity index (χ3n) is 4.69. The third kappa shape index (κ3) is 2.21. The van der Waals surface area contributed by atoms with Crippen LogP contribution in [0.3, 0.4) is 0 Å². The maximum atomic E-state index is 13.3. The summed E-state index contributed by atoms with van der Waals surface area (Å²) in [6.45, 7) is 4.45. The molecule has 0 aromatic heterocycles. The van der Waals surface area contributed by atoms with Crippen molar-refractivity contribution in [3.63, 3.8) is 0 Å². The number of rotatable bonds is 3. The van der Waals surface area contributed by atoms with E-state index in [4.69, 9.17) is 5.73 Å². The van der Waals surface area contributed by atoms with Crippen molar-refractivity contribution in [1.82, 2.24) is 15.1 Å². The van der Waals surface area contributed by atoms with E-state index >= 15 is 0 Å². The van der Waals surface area contributed by atoms with E-state index in [1.807, 2.05) is 0 Å². The van der Waals surface area contributed by atoms with Gasteiger partial charge in [0.1, 0.15) is 6.17 Å². The Hall–Kier alpha value is -0.230. The van der Waals surface area contributed by atoms with Gasteiger partial charge in [-0.2, -0.15) is 0 Å². The van der Waals surface area contributed by atoms with E-state index in [9.17, 15) is 4.39 Å². The predicted molar refractivity (Wildman–Crippen MR) is 65.3 cm³/mol. The summed E-state index contributed by atoms with van der Waals surface area (Å²) < 4.78 is 13.3. The van der Waals surface area contributed by atoms with Gasteiger partial charge in [0.2, 0.25) is 0 Å². The molecule has 2 saturated heterocycles. The molecule has 0 aromatic rings. The second-order valence-electron chi connectivity index (χ2n) is 6.07. The Morgan fingerprint density at radius 3 is 2.76 bits per heavy atom. The molecule has 17 heavy (non-hydrogen) atoms. The zero-order valence-corrected chi connectivity index (χ0v) is 10.5. The molecule has 3 N–H and O–H groups in total. The first kappa shape index (κ1) is 11.8. The van der Waals surface area contributed by atoms with E-state index in [1.54, 1.807) is 0 Å². The van der Waals surface area contributed by atoms with Gasteiger partial charge in [-0.25, -0.2) is 4.39 Å². The van der Waals surface area contributed by atoms with E-state index < -0.39 is 6.17 Å². The monoisotopic (exact) mass is 242 g/mol. The van der Waals surface area contributed by atoms with Crippen molar-refractivity contribution >= 4 is 0 Å². The molecule has 2 aliphatic heterocycles. The number of nitrogens with two attached hydrogens (primary N) is 1. The lowest BCUT2D eigenvalue weighted by atomic mass is 9.71. The summed E-state index contributed by atoms with van der Waals surface area (Å²) in [5.74, 6) is 1.71. The molecule has 1 saturated carbocycles. The lowest BCUT2D eigenvalue weighted by Gasteiger charge is -2.41. The van der Waals surface area contributed by atoms with Gasteiger partial charge in [-0.05, 0) is 25.3 Å². The normalized spacial score (nSPS) is 47.1. The summed E-state index contributed by atoms with van der Waals surface area (Å²) in [7, 11) is 2.20. The second-order valence-corrected chi connectivity index (χ2v) is 6.07. The summed E-state index contributed by atoms with van der Waals surface area (Å²) in [5.41, 5.74) is 5.67. The quantitative estimate of drug-likeness (QED) is 0.698. The van der Waals surface area contributed by atoms with Gasteiger partial charge in [0, 0.05) is 44.9 Å². The van der Waals surface area contributed by atoms with E-state index in [2.05, 4.69) is 22.2 Å². The Kier molecular flexibility index (Phi) is 3.11. The van der Waals surface area contributed by atoms with E-state index in [1.165, 1.54) is 19.5 Å². The molecule has 3 fully saturated rings. The highest BCUT2D eigenvalue weighted by molar-refractivity contribution is 5.00.